The lowest BCUT2D eigenvalue weighted by molar-refractivity contribution is -0.138. The summed E-state index contributed by atoms with van der Waals surface area (Å²) >= 11 is 0. The van der Waals surface area contributed by atoms with Crippen LogP contribution in [-0.2, 0) is 17.5 Å². The Morgan fingerprint density at radius 2 is 1.92 bits per heavy atom. The van der Waals surface area contributed by atoms with E-state index in [2.05, 4.69) is 4.98 Å². The Labute approximate surface area is 148 Å². The van der Waals surface area contributed by atoms with Gasteiger partial charge >= 0.3 is 12.1 Å². The molecule has 0 unspecified atom stereocenters. The molecule has 1 aromatic heterocycles. The Hall–Kier alpha value is -2.83. The van der Waals surface area contributed by atoms with Crippen LogP contribution in [-0.4, -0.2) is 22.1 Å². The van der Waals surface area contributed by atoms with Gasteiger partial charge in [0.05, 0.1) is 28.8 Å². The third-order valence-corrected chi connectivity index (χ3v) is 4.10. The molecule has 0 aliphatic rings. The lowest BCUT2D eigenvalue weighted by Gasteiger charge is -2.14. The molecule has 0 aliphatic carbocycles. The largest absolute Gasteiger partial charge is 0.462 e. The fraction of sp³-hybridized carbons (Fsp3) is 0.263. The van der Waals surface area contributed by atoms with Crippen LogP contribution in [0.5, 0.6) is 0 Å². The topological polar surface area (TPSA) is 44.1 Å². The molecule has 26 heavy (non-hydrogen) atoms. The maximum Gasteiger partial charge on any atom is 0.416 e. The number of esters is 1. The van der Waals surface area contributed by atoms with Crippen LogP contribution in [0, 0.1) is 6.92 Å². The predicted octanol–water partition coefficient (Wildman–Crippen LogP) is 4.59. The standard InChI is InChI=1S/C19H17F3N2O2/c1-3-26-18(25)13-8-9-16-17(10-13)24(12(2)23-16)11-14-6-4-5-7-15(14)19(20,21)22/h4-10H,3,11H2,1-2H3. The van der Waals surface area contributed by atoms with Gasteiger partial charge in [0.1, 0.15) is 5.82 Å². The highest BCUT2D eigenvalue weighted by Crippen LogP contribution is 2.33. The molecule has 1 heterocycles. The molecule has 7 heteroatoms. The highest BCUT2D eigenvalue weighted by molar-refractivity contribution is 5.93. The summed E-state index contributed by atoms with van der Waals surface area (Å²) in [4.78, 5) is 16.3. The number of aryl methyl sites for hydroxylation is 1. The smallest absolute Gasteiger partial charge is 0.416 e. The second kappa shape index (κ2) is 6.82. The average molecular weight is 362 g/mol. The van der Waals surface area contributed by atoms with Crippen LogP contribution < -0.4 is 0 Å². The molecule has 0 N–H and O–H groups in total. The molecule has 0 bridgehead atoms. The molecule has 0 spiro atoms. The van der Waals surface area contributed by atoms with Gasteiger partial charge in [-0.15, -0.1) is 0 Å². The molecule has 136 valence electrons. The molecule has 0 saturated carbocycles. The maximum absolute atomic E-state index is 13.3. The van der Waals surface area contributed by atoms with Gasteiger partial charge in [-0.2, -0.15) is 13.2 Å². The van der Waals surface area contributed by atoms with E-state index >= 15 is 0 Å². The van der Waals surface area contributed by atoms with Crippen molar-refractivity contribution < 1.29 is 22.7 Å². The number of carbonyl (C=O) groups excluding carboxylic acids is 1. The SMILES string of the molecule is CCOC(=O)c1ccc2nc(C)n(Cc3ccccc3C(F)(F)F)c2c1. The molecule has 3 aromatic rings. The van der Waals surface area contributed by atoms with Gasteiger partial charge in [0.25, 0.3) is 0 Å². The molecule has 4 nitrogen and oxygen atoms in total. The average Bonchev–Trinajstić information content (AvgIpc) is 2.89. The van der Waals surface area contributed by atoms with Crippen molar-refractivity contribution in [2.24, 2.45) is 0 Å². The van der Waals surface area contributed by atoms with Crippen LogP contribution >= 0.6 is 0 Å². The van der Waals surface area contributed by atoms with Crippen LogP contribution in [0.4, 0.5) is 13.2 Å². The molecule has 0 fully saturated rings. The second-order valence-electron chi connectivity index (χ2n) is 5.82. The van der Waals surface area contributed by atoms with Gasteiger partial charge < -0.3 is 9.30 Å². The Morgan fingerprint density at radius 3 is 2.62 bits per heavy atom. The zero-order valence-electron chi connectivity index (χ0n) is 14.3. The summed E-state index contributed by atoms with van der Waals surface area (Å²) in [5.41, 5.74) is 1.00. The van der Waals surface area contributed by atoms with E-state index in [1.807, 2.05) is 0 Å². The number of ether oxygens (including phenoxy) is 1. The van der Waals surface area contributed by atoms with Crippen LogP contribution in [0.15, 0.2) is 42.5 Å². The Balaban J connectivity index is 2.07. The molecule has 0 radical (unpaired) electrons. The van der Waals surface area contributed by atoms with E-state index in [4.69, 9.17) is 4.74 Å². The van der Waals surface area contributed by atoms with Crippen LogP contribution in [0.2, 0.25) is 0 Å². The van der Waals surface area contributed by atoms with E-state index in [1.165, 1.54) is 12.1 Å². The summed E-state index contributed by atoms with van der Waals surface area (Å²) < 4.78 is 46.4. The van der Waals surface area contributed by atoms with Gasteiger partial charge in [-0.3, -0.25) is 0 Å². The van der Waals surface area contributed by atoms with Gasteiger partial charge in [0.2, 0.25) is 0 Å². The van der Waals surface area contributed by atoms with Crippen LogP contribution in [0.25, 0.3) is 11.0 Å². The molecular formula is C19H17F3N2O2. The van der Waals surface area contributed by atoms with E-state index in [0.717, 1.165) is 6.07 Å². The van der Waals surface area contributed by atoms with Crippen LogP contribution in [0.3, 0.4) is 0 Å². The van der Waals surface area contributed by atoms with Crippen molar-refractivity contribution in [3.63, 3.8) is 0 Å². The van der Waals surface area contributed by atoms with Crippen molar-refractivity contribution in [1.29, 1.82) is 0 Å². The number of hydrogen-bond acceptors (Lipinski definition) is 3. The van der Waals surface area contributed by atoms with E-state index in [1.54, 1.807) is 42.7 Å². The first kappa shape index (κ1) is 18.0. The van der Waals surface area contributed by atoms with Crippen molar-refractivity contribution in [2.45, 2.75) is 26.6 Å². The Bertz CT molecular complexity index is 961. The van der Waals surface area contributed by atoms with Gasteiger partial charge in [-0.05, 0) is 43.7 Å². The van der Waals surface area contributed by atoms with E-state index in [-0.39, 0.29) is 18.7 Å². The van der Waals surface area contributed by atoms with Crippen molar-refractivity contribution in [1.82, 2.24) is 9.55 Å². The molecule has 0 amide bonds. The van der Waals surface area contributed by atoms with Gasteiger partial charge in [0, 0.05) is 6.54 Å². The van der Waals surface area contributed by atoms with E-state index in [9.17, 15) is 18.0 Å². The first-order chi connectivity index (χ1) is 12.3. The van der Waals surface area contributed by atoms with Crippen molar-refractivity contribution in [3.05, 3.63) is 65.0 Å². The number of hydrogen-bond donors (Lipinski definition) is 0. The summed E-state index contributed by atoms with van der Waals surface area (Å²) in [7, 11) is 0. The minimum Gasteiger partial charge on any atom is -0.462 e. The third-order valence-electron chi connectivity index (χ3n) is 4.10. The molecule has 0 aliphatic heterocycles. The molecule has 0 saturated heterocycles. The van der Waals surface area contributed by atoms with Crippen LogP contribution in [0.1, 0.15) is 34.2 Å². The molecular weight excluding hydrogens is 345 g/mol. The molecule has 0 atom stereocenters. The number of rotatable bonds is 4. The van der Waals surface area contributed by atoms with Gasteiger partial charge in [-0.25, -0.2) is 9.78 Å². The van der Waals surface area contributed by atoms with E-state index in [0.29, 0.717) is 22.4 Å². The number of carbonyl (C=O) groups is 1. The molecule has 3 rings (SSSR count). The minimum absolute atomic E-state index is 0.00426. The number of fused-ring (bicyclic) bond motifs is 1. The summed E-state index contributed by atoms with van der Waals surface area (Å²) in [5.74, 6) is 0.0912. The number of imidazole rings is 1. The number of benzene rings is 2. The first-order valence-electron chi connectivity index (χ1n) is 8.10. The fourth-order valence-electron chi connectivity index (χ4n) is 2.89. The number of aromatic nitrogens is 2. The first-order valence-corrected chi connectivity index (χ1v) is 8.10. The maximum atomic E-state index is 13.3. The third kappa shape index (κ3) is 3.42. The summed E-state index contributed by atoms with van der Waals surface area (Å²) in [6.45, 7) is 3.68. The van der Waals surface area contributed by atoms with Crippen molar-refractivity contribution in [3.8, 4) is 0 Å². The van der Waals surface area contributed by atoms with Gasteiger partial charge in [-0.1, -0.05) is 18.2 Å². The number of halogens is 3. The summed E-state index contributed by atoms with van der Waals surface area (Å²) in [5, 5.41) is 0. The Kier molecular flexibility index (Phi) is 4.71. The normalized spacial score (nSPS) is 11.7. The zero-order chi connectivity index (χ0) is 18.9. The zero-order valence-corrected chi connectivity index (χ0v) is 14.3. The van der Waals surface area contributed by atoms with Crippen molar-refractivity contribution >= 4 is 17.0 Å². The monoisotopic (exact) mass is 362 g/mol. The highest BCUT2D eigenvalue weighted by atomic mass is 19.4. The Morgan fingerprint density at radius 1 is 1.19 bits per heavy atom. The summed E-state index contributed by atoms with van der Waals surface area (Å²) in [6, 6.07) is 10.3. The van der Waals surface area contributed by atoms with Crippen molar-refractivity contribution in [2.75, 3.05) is 6.61 Å². The number of alkyl halides is 3. The van der Waals surface area contributed by atoms with E-state index < -0.39 is 17.7 Å². The quantitative estimate of drug-likeness (QED) is 0.638. The lowest BCUT2D eigenvalue weighted by Crippen LogP contribution is -2.12. The minimum atomic E-state index is -4.43. The fourth-order valence-corrected chi connectivity index (χ4v) is 2.89. The second-order valence-corrected chi connectivity index (χ2v) is 5.82. The highest BCUT2D eigenvalue weighted by Gasteiger charge is 2.33. The van der Waals surface area contributed by atoms with Gasteiger partial charge in [0.15, 0.2) is 0 Å². The molecule has 2 aromatic carbocycles. The summed E-state index contributed by atoms with van der Waals surface area (Å²) in [6.07, 6.45) is -4.43. The lowest BCUT2D eigenvalue weighted by atomic mass is 10.1. The predicted molar refractivity (Wildman–Crippen MR) is 91.0 cm³/mol. The number of nitrogens with zero attached hydrogens (tertiary/aromatic N) is 2.